The van der Waals surface area contributed by atoms with Crippen LogP contribution in [0.2, 0.25) is 0 Å². The van der Waals surface area contributed by atoms with Crippen molar-refractivity contribution in [3.05, 3.63) is 29.8 Å². The Bertz CT molecular complexity index is 1510. The molecule has 0 bridgehead atoms. The first-order chi connectivity index (χ1) is 26.2. The molecule has 0 aliphatic carbocycles. The smallest absolute Gasteiger partial charge is 0.326 e. The van der Waals surface area contributed by atoms with E-state index < -0.39 is 103 Å². The lowest BCUT2D eigenvalue weighted by atomic mass is 9.98. The lowest BCUT2D eigenvalue weighted by Gasteiger charge is -2.29. The summed E-state index contributed by atoms with van der Waals surface area (Å²) in [5, 5.41) is 53.5. The number of aliphatic hydroxyl groups is 1. The van der Waals surface area contributed by atoms with E-state index in [9.17, 15) is 48.9 Å². The van der Waals surface area contributed by atoms with E-state index in [0.29, 0.717) is 5.56 Å². The largest absolute Gasteiger partial charge is 0.508 e. The Morgan fingerprint density at radius 3 is 1.75 bits per heavy atom. The van der Waals surface area contributed by atoms with E-state index in [4.69, 9.17) is 16.9 Å². The molecule has 0 heterocycles. The maximum Gasteiger partial charge on any atom is 0.326 e. The third-order valence-electron chi connectivity index (χ3n) is 8.42. The van der Waals surface area contributed by atoms with Gasteiger partial charge < -0.3 is 64.0 Å². The van der Waals surface area contributed by atoms with Crippen molar-refractivity contribution in [2.75, 3.05) is 19.7 Å². The van der Waals surface area contributed by atoms with E-state index in [1.54, 1.807) is 41.5 Å². The quantitative estimate of drug-likeness (QED) is 0.0293. The van der Waals surface area contributed by atoms with Gasteiger partial charge in [-0.05, 0) is 54.7 Å². The van der Waals surface area contributed by atoms with Gasteiger partial charge in [-0.25, -0.2) is 4.79 Å². The molecule has 20 nitrogen and oxygen atoms in total. The third kappa shape index (κ3) is 17.8. The van der Waals surface area contributed by atoms with Crippen molar-refractivity contribution in [1.82, 2.24) is 37.2 Å². The fourth-order valence-corrected chi connectivity index (χ4v) is 5.29. The minimum Gasteiger partial charge on any atom is -0.508 e. The van der Waals surface area contributed by atoms with E-state index in [1.807, 2.05) is 0 Å². The molecule has 15 N–H and O–H groups in total. The first kappa shape index (κ1) is 48.5. The molecule has 314 valence electrons. The summed E-state index contributed by atoms with van der Waals surface area (Å²) in [6.07, 6.45) is 0.330. The second kappa shape index (κ2) is 24.1. The average Bonchev–Trinajstić information content (AvgIpc) is 3.11. The monoisotopic (exact) mass is 792 g/mol. The Morgan fingerprint density at radius 2 is 1.25 bits per heavy atom. The number of hydrogen-bond donors (Lipinski definition) is 13. The Hall–Kier alpha value is -5.50. The van der Waals surface area contributed by atoms with Gasteiger partial charge in [-0.3, -0.25) is 34.2 Å². The Morgan fingerprint density at radius 1 is 0.714 bits per heavy atom. The average molecular weight is 793 g/mol. The third-order valence-corrected chi connectivity index (χ3v) is 8.42. The lowest BCUT2D eigenvalue weighted by Crippen LogP contribution is -2.60. The summed E-state index contributed by atoms with van der Waals surface area (Å²) in [5.74, 6) is -7.21. The minimum atomic E-state index is -1.30. The standard InChI is InChI=1S/C36H60N10O10/c1-18(2)14-25(32(52)43-24(35(55)56)8-7-13-40-36(38)39)42-27(49)16-41-31(51)26(15-21-9-11-22(48)12-10-21)44-33(53)28(19(3)4)46-34(54)29(20(5)6)45-30(50)23(37)17-47/h9-12,18-20,23-26,28-29,47-48H,7-8,13-17,37H2,1-6H3,(H,41,51)(H,42,49)(H,43,52)(H,44,53)(H,45,50)(H,46,54)(H,55,56)(H4,38,39,40)/t23-,24-,25-,26-,28-,29-/m0/s1. The van der Waals surface area contributed by atoms with Crippen LogP contribution >= 0.6 is 0 Å². The van der Waals surface area contributed by atoms with Crippen molar-refractivity contribution in [3.63, 3.8) is 0 Å². The topological polar surface area (TPSA) is 340 Å². The summed E-state index contributed by atoms with van der Waals surface area (Å²) < 4.78 is 0. The number of nitrogens with two attached hydrogens (primary N) is 2. The molecule has 0 saturated carbocycles. The van der Waals surface area contributed by atoms with Gasteiger partial charge in [0.2, 0.25) is 35.4 Å². The SMILES string of the molecule is CC(C)C[C@H](NC(=O)CNC(=O)[C@H](Cc1ccc(O)cc1)NC(=O)[C@@H](NC(=O)[C@@H](NC(=O)[C@@H](N)CO)C(C)C)C(C)C)C(=O)N[C@@H](CCCNC(=N)N)C(=O)O. The van der Waals surface area contributed by atoms with Crippen LogP contribution in [0.3, 0.4) is 0 Å². The highest BCUT2D eigenvalue weighted by atomic mass is 16.4. The fraction of sp³-hybridized carbons (Fsp3) is 0.611. The molecule has 0 aliphatic rings. The molecule has 56 heavy (non-hydrogen) atoms. The molecule has 0 spiro atoms. The molecule has 0 saturated heterocycles. The van der Waals surface area contributed by atoms with Crippen LogP contribution in [-0.4, -0.2) is 119 Å². The number of rotatable bonds is 24. The number of carbonyl (C=O) groups excluding carboxylic acids is 6. The predicted molar refractivity (Wildman–Crippen MR) is 205 cm³/mol. The van der Waals surface area contributed by atoms with E-state index in [-0.39, 0.29) is 49.9 Å². The van der Waals surface area contributed by atoms with Crippen molar-refractivity contribution in [3.8, 4) is 5.75 Å². The summed E-state index contributed by atoms with van der Waals surface area (Å²) in [7, 11) is 0. The first-order valence-electron chi connectivity index (χ1n) is 18.4. The van der Waals surface area contributed by atoms with Gasteiger partial charge in [0, 0.05) is 13.0 Å². The van der Waals surface area contributed by atoms with Gasteiger partial charge in [0.25, 0.3) is 0 Å². The number of nitrogens with one attached hydrogen (secondary N) is 8. The number of carbonyl (C=O) groups is 7. The molecular weight excluding hydrogens is 732 g/mol. The zero-order valence-electron chi connectivity index (χ0n) is 32.8. The number of aromatic hydroxyl groups is 1. The summed E-state index contributed by atoms with van der Waals surface area (Å²) >= 11 is 0. The zero-order valence-corrected chi connectivity index (χ0v) is 32.8. The van der Waals surface area contributed by atoms with E-state index in [1.165, 1.54) is 24.3 Å². The van der Waals surface area contributed by atoms with Crippen molar-refractivity contribution < 1.29 is 48.9 Å². The summed E-state index contributed by atoms with van der Waals surface area (Å²) in [5.41, 5.74) is 11.4. The molecule has 1 rings (SSSR count). The maximum absolute atomic E-state index is 13.7. The highest BCUT2D eigenvalue weighted by molar-refractivity contribution is 5.96. The molecule has 0 aromatic heterocycles. The number of carboxylic acid groups (broad SMARTS) is 1. The van der Waals surface area contributed by atoms with Crippen LogP contribution in [-0.2, 0) is 40.0 Å². The van der Waals surface area contributed by atoms with Crippen LogP contribution in [0.4, 0.5) is 0 Å². The second-order valence-corrected chi connectivity index (χ2v) is 14.5. The molecule has 0 aliphatic heterocycles. The van der Waals surface area contributed by atoms with Crippen LogP contribution in [0.25, 0.3) is 0 Å². The van der Waals surface area contributed by atoms with Crippen LogP contribution < -0.4 is 48.7 Å². The summed E-state index contributed by atoms with van der Waals surface area (Å²) in [4.78, 5) is 91.0. The number of phenolic OH excluding ortho intramolecular Hbond substituents is 1. The number of amides is 6. The molecule has 20 heteroatoms. The Labute approximate surface area is 326 Å². The Balaban J connectivity index is 3.15. The van der Waals surface area contributed by atoms with Crippen molar-refractivity contribution in [2.24, 2.45) is 29.2 Å². The van der Waals surface area contributed by atoms with Crippen molar-refractivity contribution >= 4 is 47.4 Å². The van der Waals surface area contributed by atoms with Crippen LogP contribution in [0.5, 0.6) is 5.75 Å². The Kier molecular flexibility index (Phi) is 20.9. The van der Waals surface area contributed by atoms with E-state index in [2.05, 4.69) is 37.2 Å². The first-order valence-corrected chi connectivity index (χ1v) is 18.4. The van der Waals surface area contributed by atoms with Crippen molar-refractivity contribution in [2.45, 2.75) is 103 Å². The lowest BCUT2D eigenvalue weighted by molar-refractivity contribution is -0.142. The fourth-order valence-electron chi connectivity index (χ4n) is 5.29. The number of guanidine groups is 1. The summed E-state index contributed by atoms with van der Waals surface area (Å²) in [6.45, 7) is 9.17. The molecule has 0 radical (unpaired) electrons. The molecular formula is C36H60N10O10. The number of benzene rings is 1. The van der Waals surface area contributed by atoms with Gasteiger partial charge >= 0.3 is 5.97 Å². The van der Waals surface area contributed by atoms with Crippen LogP contribution in [0, 0.1) is 23.2 Å². The zero-order chi connectivity index (χ0) is 42.7. The normalized spacial score (nSPS) is 14.3. The minimum absolute atomic E-state index is 0.0173. The summed E-state index contributed by atoms with van der Waals surface area (Å²) in [6, 6.07) is -1.49. The number of phenols is 1. The maximum atomic E-state index is 13.7. The van der Waals surface area contributed by atoms with Gasteiger partial charge in [-0.2, -0.15) is 0 Å². The van der Waals surface area contributed by atoms with Gasteiger partial charge in [-0.15, -0.1) is 0 Å². The highest BCUT2D eigenvalue weighted by Gasteiger charge is 2.34. The second-order valence-electron chi connectivity index (χ2n) is 14.5. The van der Waals surface area contributed by atoms with Gasteiger partial charge in [-0.1, -0.05) is 53.7 Å². The van der Waals surface area contributed by atoms with Gasteiger partial charge in [0.05, 0.1) is 13.2 Å². The molecule has 6 atom stereocenters. The van der Waals surface area contributed by atoms with Crippen LogP contribution in [0.1, 0.15) is 66.4 Å². The molecule has 1 aromatic rings. The van der Waals surface area contributed by atoms with E-state index >= 15 is 0 Å². The molecule has 6 amide bonds. The predicted octanol–water partition coefficient (Wildman–Crippen LogP) is -2.50. The highest BCUT2D eigenvalue weighted by Crippen LogP contribution is 2.13. The number of carboxylic acids is 1. The number of hydrogen-bond acceptors (Lipinski definition) is 11. The molecule has 1 aromatic carbocycles. The van der Waals surface area contributed by atoms with E-state index in [0.717, 1.165) is 0 Å². The van der Waals surface area contributed by atoms with Crippen molar-refractivity contribution in [1.29, 1.82) is 5.41 Å². The van der Waals surface area contributed by atoms with Crippen LogP contribution in [0.15, 0.2) is 24.3 Å². The van der Waals surface area contributed by atoms with Gasteiger partial charge in [0.15, 0.2) is 5.96 Å². The molecule has 0 fully saturated rings. The number of aliphatic hydroxyl groups excluding tert-OH is 1. The number of aliphatic carboxylic acids is 1. The van der Waals surface area contributed by atoms with Gasteiger partial charge in [0.1, 0.15) is 42.0 Å². The molecule has 0 unspecified atom stereocenters.